The maximum absolute atomic E-state index is 12.6. The molecular formula is C20H22F2N2O3. The van der Waals surface area contributed by atoms with Crippen LogP contribution in [0.3, 0.4) is 0 Å². The van der Waals surface area contributed by atoms with E-state index in [-0.39, 0.29) is 17.6 Å². The summed E-state index contributed by atoms with van der Waals surface area (Å²) in [5.41, 5.74) is 1.69. The van der Waals surface area contributed by atoms with E-state index in [9.17, 15) is 18.4 Å². The quantitative estimate of drug-likeness (QED) is 0.768. The molecule has 0 saturated heterocycles. The maximum Gasteiger partial charge on any atom is 0.387 e. The zero-order valence-electron chi connectivity index (χ0n) is 15.3. The number of hydrogen-bond acceptors (Lipinski definition) is 3. The fourth-order valence-corrected chi connectivity index (χ4v) is 2.52. The molecule has 2 N–H and O–H groups in total. The van der Waals surface area contributed by atoms with Crippen LogP contribution < -0.4 is 15.4 Å². The van der Waals surface area contributed by atoms with Crippen molar-refractivity contribution in [3.8, 4) is 5.75 Å². The average molecular weight is 376 g/mol. The highest BCUT2D eigenvalue weighted by atomic mass is 19.3. The summed E-state index contributed by atoms with van der Waals surface area (Å²) in [6, 6.07) is 11.9. The number of nitrogens with one attached hydrogen (secondary N) is 2. The molecule has 2 aromatic carbocycles. The second kappa shape index (κ2) is 9.12. The molecule has 144 valence electrons. The van der Waals surface area contributed by atoms with Gasteiger partial charge in [-0.2, -0.15) is 8.78 Å². The Morgan fingerprint density at radius 2 is 1.74 bits per heavy atom. The normalized spacial score (nSPS) is 12.0. The van der Waals surface area contributed by atoms with Crippen molar-refractivity contribution in [3.05, 3.63) is 59.7 Å². The maximum atomic E-state index is 12.6. The van der Waals surface area contributed by atoms with E-state index in [0.717, 1.165) is 5.56 Å². The van der Waals surface area contributed by atoms with E-state index in [1.54, 1.807) is 38.1 Å². The zero-order chi connectivity index (χ0) is 20.0. The summed E-state index contributed by atoms with van der Waals surface area (Å²) in [7, 11) is 0. The van der Waals surface area contributed by atoms with Crippen LogP contribution in [-0.4, -0.2) is 24.5 Å². The number of halogens is 2. The van der Waals surface area contributed by atoms with Crippen molar-refractivity contribution >= 4 is 17.5 Å². The smallest absolute Gasteiger partial charge is 0.387 e. The standard InChI is InChI=1S/C20H22F2N2O3/c1-12(2)17(24-18(25)14-7-4-6-13(3)10-14)19(26)23-15-8-5-9-16(11-15)27-20(21)22/h4-12,17,20H,1-3H3,(H,23,26)(H,24,25). The van der Waals surface area contributed by atoms with Gasteiger partial charge in [0.05, 0.1) is 0 Å². The molecule has 0 saturated carbocycles. The molecule has 0 aromatic heterocycles. The van der Waals surface area contributed by atoms with Crippen molar-refractivity contribution in [1.82, 2.24) is 5.32 Å². The van der Waals surface area contributed by atoms with E-state index in [0.29, 0.717) is 11.3 Å². The Balaban J connectivity index is 2.10. The predicted molar refractivity (Wildman–Crippen MR) is 99.0 cm³/mol. The molecule has 0 aliphatic heterocycles. The predicted octanol–water partition coefficient (Wildman–Crippen LogP) is 3.99. The van der Waals surface area contributed by atoms with Crippen LogP contribution in [0.2, 0.25) is 0 Å². The Morgan fingerprint density at radius 1 is 1.04 bits per heavy atom. The molecule has 5 nitrogen and oxygen atoms in total. The van der Waals surface area contributed by atoms with E-state index in [1.807, 2.05) is 13.0 Å². The van der Waals surface area contributed by atoms with Gasteiger partial charge in [-0.15, -0.1) is 0 Å². The van der Waals surface area contributed by atoms with Gasteiger partial charge in [-0.25, -0.2) is 0 Å². The van der Waals surface area contributed by atoms with Crippen LogP contribution in [0.15, 0.2) is 48.5 Å². The molecule has 2 amide bonds. The Bertz CT molecular complexity index is 809. The van der Waals surface area contributed by atoms with Gasteiger partial charge in [0.1, 0.15) is 11.8 Å². The molecule has 27 heavy (non-hydrogen) atoms. The fourth-order valence-electron chi connectivity index (χ4n) is 2.52. The molecule has 2 rings (SSSR count). The van der Waals surface area contributed by atoms with Crippen LogP contribution >= 0.6 is 0 Å². The van der Waals surface area contributed by atoms with Crippen molar-refractivity contribution < 1.29 is 23.1 Å². The summed E-state index contributed by atoms with van der Waals surface area (Å²) >= 11 is 0. The number of carbonyl (C=O) groups is 2. The summed E-state index contributed by atoms with van der Waals surface area (Å²) < 4.78 is 29.0. The molecule has 0 spiro atoms. The van der Waals surface area contributed by atoms with Gasteiger partial charge < -0.3 is 15.4 Å². The highest BCUT2D eigenvalue weighted by molar-refractivity contribution is 6.01. The lowest BCUT2D eigenvalue weighted by atomic mass is 10.0. The second-order valence-corrected chi connectivity index (χ2v) is 6.46. The molecule has 0 heterocycles. The van der Waals surface area contributed by atoms with Gasteiger partial charge in [-0.1, -0.05) is 37.6 Å². The van der Waals surface area contributed by atoms with Gasteiger partial charge in [0.2, 0.25) is 5.91 Å². The van der Waals surface area contributed by atoms with E-state index in [1.165, 1.54) is 18.2 Å². The van der Waals surface area contributed by atoms with Crippen LogP contribution in [0, 0.1) is 12.8 Å². The molecule has 1 unspecified atom stereocenters. The number of anilines is 1. The first kappa shape index (κ1) is 20.4. The topological polar surface area (TPSA) is 67.4 Å². The Morgan fingerprint density at radius 3 is 2.37 bits per heavy atom. The highest BCUT2D eigenvalue weighted by Gasteiger charge is 2.25. The van der Waals surface area contributed by atoms with Gasteiger partial charge in [-0.3, -0.25) is 9.59 Å². The Kier molecular flexibility index (Phi) is 6.87. The molecule has 0 aliphatic carbocycles. The van der Waals surface area contributed by atoms with Gasteiger partial charge in [0.25, 0.3) is 5.91 Å². The van der Waals surface area contributed by atoms with E-state index < -0.39 is 18.6 Å². The summed E-state index contributed by atoms with van der Waals surface area (Å²) in [5.74, 6) is -1.05. The Hall–Kier alpha value is -2.96. The molecule has 0 radical (unpaired) electrons. The van der Waals surface area contributed by atoms with Crippen LogP contribution in [0.25, 0.3) is 0 Å². The third-order valence-corrected chi connectivity index (χ3v) is 3.84. The molecule has 1 atom stereocenters. The van der Waals surface area contributed by atoms with Crippen LogP contribution in [0.4, 0.5) is 14.5 Å². The number of hydrogen-bond donors (Lipinski definition) is 2. The van der Waals surface area contributed by atoms with Crippen molar-refractivity contribution in [1.29, 1.82) is 0 Å². The first-order chi connectivity index (χ1) is 12.8. The zero-order valence-corrected chi connectivity index (χ0v) is 15.3. The third kappa shape index (κ3) is 6.06. The number of amides is 2. The first-order valence-electron chi connectivity index (χ1n) is 8.49. The number of alkyl halides is 2. The third-order valence-electron chi connectivity index (χ3n) is 3.84. The summed E-state index contributed by atoms with van der Waals surface area (Å²) in [5, 5.41) is 5.35. The summed E-state index contributed by atoms with van der Waals surface area (Å²) in [6.07, 6.45) is 0. The molecule has 0 fully saturated rings. The van der Waals surface area contributed by atoms with E-state index in [4.69, 9.17) is 0 Å². The lowest BCUT2D eigenvalue weighted by molar-refractivity contribution is -0.118. The highest BCUT2D eigenvalue weighted by Crippen LogP contribution is 2.20. The fraction of sp³-hybridized carbons (Fsp3) is 0.300. The monoisotopic (exact) mass is 376 g/mol. The van der Waals surface area contributed by atoms with Crippen molar-refractivity contribution in [3.63, 3.8) is 0 Å². The summed E-state index contributed by atoms with van der Waals surface area (Å²) in [6.45, 7) is 2.53. The average Bonchev–Trinajstić information content (AvgIpc) is 2.58. The SMILES string of the molecule is Cc1cccc(C(=O)NC(C(=O)Nc2cccc(OC(F)F)c2)C(C)C)c1. The van der Waals surface area contributed by atoms with Crippen molar-refractivity contribution in [2.75, 3.05) is 5.32 Å². The number of aryl methyl sites for hydroxylation is 1. The molecule has 0 bridgehead atoms. The van der Waals surface area contributed by atoms with Gasteiger partial charge in [-0.05, 0) is 37.1 Å². The van der Waals surface area contributed by atoms with Crippen LogP contribution in [-0.2, 0) is 4.79 Å². The van der Waals surface area contributed by atoms with E-state index >= 15 is 0 Å². The van der Waals surface area contributed by atoms with Crippen molar-refractivity contribution in [2.24, 2.45) is 5.92 Å². The minimum absolute atomic E-state index is 0.0623. The van der Waals surface area contributed by atoms with Crippen LogP contribution in [0.5, 0.6) is 5.75 Å². The van der Waals surface area contributed by atoms with Gasteiger partial charge in [0.15, 0.2) is 0 Å². The second-order valence-electron chi connectivity index (χ2n) is 6.46. The number of rotatable bonds is 7. The lowest BCUT2D eigenvalue weighted by Crippen LogP contribution is -2.47. The number of ether oxygens (including phenoxy) is 1. The number of benzene rings is 2. The largest absolute Gasteiger partial charge is 0.435 e. The van der Waals surface area contributed by atoms with Crippen LogP contribution in [0.1, 0.15) is 29.8 Å². The molecule has 2 aromatic rings. The minimum Gasteiger partial charge on any atom is -0.435 e. The molecular weight excluding hydrogens is 354 g/mol. The van der Waals surface area contributed by atoms with Crippen molar-refractivity contribution in [2.45, 2.75) is 33.4 Å². The first-order valence-corrected chi connectivity index (χ1v) is 8.49. The summed E-state index contributed by atoms with van der Waals surface area (Å²) in [4.78, 5) is 25.1. The van der Waals surface area contributed by atoms with E-state index in [2.05, 4.69) is 15.4 Å². The number of carbonyl (C=O) groups excluding carboxylic acids is 2. The molecule has 0 aliphatic rings. The minimum atomic E-state index is -2.95. The van der Waals surface area contributed by atoms with Gasteiger partial charge >= 0.3 is 6.61 Å². The Labute approximate surface area is 156 Å². The lowest BCUT2D eigenvalue weighted by Gasteiger charge is -2.22. The molecule has 7 heteroatoms. The van der Waals surface area contributed by atoms with Gasteiger partial charge in [0, 0.05) is 17.3 Å².